The summed E-state index contributed by atoms with van der Waals surface area (Å²) in [5.74, 6) is -0.832. The van der Waals surface area contributed by atoms with Crippen molar-refractivity contribution in [2.75, 3.05) is 0 Å². The van der Waals surface area contributed by atoms with E-state index >= 15 is 0 Å². The SMILES string of the molecule is CCC[CH2][Sn]([CH2]CCC)([CH2]CCC)[c]1cn(-c2cc(F)ccc2F)cn1. The van der Waals surface area contributed by atoms with Crippen molar-refractivity contribution in [3.05, 3.63) is 42.4 Å². The minimum absolute atomic E-state index is 0.255. The number of hydrogen-bond donors (Lipinski definition) is 0. The number of hydrogen-bond acceptors (Lipinski definition) is 1. The molecule has 0 fully saturated rings. The second-order valence-electron chi connectivity index (χ2n) is 7.35. The molecule has 0 unspecified atom stereocenters. The van der Waals surface area contributed by atoms with E-state index in [0.717, 1.165) is 6.07 Å². The van der Waals surface area contributed by atoms with Crippen molar-refractivity contribution in [3.8, 4) is 5.69 Å². The molecule has 1 aromatic carbocycles. The zero-order chi connectivity index (χ0) is 19.0. The maximum absolute atomic E-state index is 14.2. The molecule has 2 aromatic rings. The number of unbranched alkanes of at least 4 members (excludes halogenated alkanes) is 3. The number of halogens is 2. The second-order valence-corrected chi connectivity index (χ2v) is 20.4. The van der Waals surface area contributed by atoms with E-state index in [-0.39, 0.29) is 5.69 Å². The Bertz CT molecular complexity index is 663. The van der Waals surface area contributed by atoms with Crippen molar-refractivity contribution >= 4 is 22.1 Å². The molecule has 0 amide bonds. The molecule has 0 spiro atoms. The molecule has 0 saturated heterocycles. The zero-order valence-electron chi connectivity index (χ0n) is 16.4. The Morgan fingerprint density at radius 2 is 1.50 bits per heavy atom. The van der Waals surface area contributed by atoms with Crippen LogP contribution < -0.4 is 3.71 Å². The van der Waals surface area contributed by atoms with Crippen LogP contribution in [0.5, 0.6) is 0 Å². The van der Waals surface area contributed by atoms with Crippen molar-refractivity contribution in [1.82, 2.24) is 9.55 Å². The molecule has 1 aromatic heterocycles. The van der Waals surface area contributed by atoms with Gasteiger partial charge in [0.15, 0.2) is 0 Å². The van der Waals surface area contributed by atoms with Gasteiger partial charge in [0.25, 0.3) is 0 Å². The van der Waals surface area contributed by atoms with Gasteiger partial charge in [-0.05, 0) is 0 Å². The molecule has 2 rings (SSSR count). The molecule has 0 aliphatic rings. The van der Waals surface area contributed by atoms with E-state index < -0.39 is 30.0 Å². The third kappa shape index (κ3) is 5.30. The second kappa shape index (κ2) is 10.4. The quantitative estimate of drug-likeness (QED) is 0.358. The molecule has 0 saturated carbocycles. The van der Waals surface area contributed by atoms with Crippen LogP contribution in [0.3, 0.4) is 0 Å². The first kappa shape index (κ1) is 21.4. The van der Waals surface area contributed by atoms with E-state index in [1.54, 1.807) is 10.9 Å². The summed E-state index contributed by atoms with van der Waals surface area (Å²) < 4.78 is 34.6. The topological polar surface area (TPSA) is 17.8 Å². The summed E-state index contributed by atoms with van der Waals surface area (Å²) in [7, 11) is 0. The van der Waals surface area contributed by atoms with E-state index in [0.29, 0.717) is 0 Å². The van der Waals surface area contributed by atoms with Crippen LogP contribution in [-0.2, 0) is 0 Å². The first-order valence-corrected chi connectivity index (χ1v) is 17.5. The van der Waals surface area contributed by atoms with Crippen LogP contribution in [-0.4, -0.2) is 27.9 Å². The molecule has 144 valence electrons. The van der Waals surface area contributed by atoms with E-state index in [1.807, 2.05) is 6.20 Å². The fourth-order valence-corrected chi connectivity index (χ4v) is 19.0. The summed E-state index contributed by atoms with van der Waals surface area (Å²) in [6, 6.07) is 3.60. The van der Waals surface area contributed by atoms with Crippen LogP contribution in [0.25, 0.3) is 5.69 Å². The van der Waals surface area contributed by atoms with E-state index in [2.05, 4.69) is 20.8 Å². The van der Waals surface area contributed by atoms with Gasteiger partial charge in [-0.3, -0.25) is 0 Å². The van der Waals surface area contributed by atoms with Crippen molar-refractivity contribution in [1.29, 1.82) is 0 Å². The van der Waals surface area contributed by atoms with Gasteiger partial charge in [-0.2, -0.15) is 0 Å². The average molecular weight is 469 g/mol. The number of imidazole rings is 1. The summed E-state index contributed by atoms with van der Waals surface area (Å²) in [6.07, 6.45) is 11.1. The Morgan fingerprint density at radius 1 is 0.923 bits per heavy atom. The Labute approximate surface area is 160 Å². The predicted octanol–water partition coefficient (Wildman–Crippen LogP) is 6.21. The third-order valence-electron chi connectivity index (χ3n) is 5.34. The summed E-state index contributed by atoms with van der Waals surface area (Å²) in [4.78, 5) is 4.76. The monoisotopic (exact) mass is 470 g/mol. The van der Waals surface area contributed by atoms with Crippen LogP contribution in [0, 0.1) is 11.6 Å². The van der Waals surface area contributed by atoms with Crippen LogP contribution >= 0.6 is 0 Å². The van der Waals surface area contributed by atoms with Crippen LogP contribution in [0.15, 0.2) is 30.7 Å². The van der Waals surface area contributed by atoms with E-state index in [1.165, 1.54) is 67.7 Å². The first-order valence-electron chi connectivity index (χ1n) is 10.1. The molecule has 2 nitrogen and oxygen atoms in total. The van der Waals surface area contributed by atoms with Crippen LogP contribution in [0.4, 0.5) is 8.78 Å². The molecule has 0 aliphatic heterocycles. The van der Waals surface area contributed by atoms with Crippen LogP contribution in [0.2, 0.25) is 13.3 Å². The van der Waals surface area contributed by atoms with Gasteiger partial charge in [-0.25, -0.2) is 0 Å². The predicted molar refractivity (Wildman–Crippen MR) is 108 cm³/mol. The molecule has 0 N–H and O–H groups in total. The molecular formula is C21H32F2N2Sn. The summed E-state index contributed by atoms with van der Waals surface area (Å²) in [5, 5.41) is 0. The van der Waals surface area contributed by atoms with Gasteiger partial charge in [-0.15, -0.1) is 0 Å². The number of rotatable bonds is 11. The first-order chi connectivity index (χ1) is 12.6. The van der Waals surface area contributed by atoms with Crippen molar-refractivity contribution < 1.29 is 8.78 Å². The molecule has 26 heavy (non-hydrogen) atoms. The minimum atomic E-state index is -2.63. The Hall–Kier alpha value is -0.911. The molecule has 0 radical (unpaired) electrons. The molecular weight excluding hydrogens is 437 g/mol. The maximum atomic E-state index is 14.2. The number of benzene rings is 1. The fourth-order valence-electron chi connectivity index (χ4n) is 3.72. The molecule has 5 heteroatoms. The third-order valence-corrected chi connectivity index (χ3v) is 20.4. The van der Waals surface area contributed by atoms with Gasteiger partial charge < -0.3 is 0 Å². The van der Waals surface area contributed by atoms with E-state index in [4.69, 9.17) is 4.98 Å². The van der Waals surface area contributed by atoms with Gasteiger partial charge in [0.05, 0.1) is 0 Å². The molecule has 1 heterocycles. The Balaban J connectivity index is 2.40. The average Bonchev–Trinajstić information content (AvgIpc) is 3.14. The standard InChI is InChI=1S/C9H5F2N2.3C4H9.Sn/c10-7-1-2-8(11)9(5-7)13-4-3-12-6-13;3*1-3-4-2;/h1-2,4-6H;3*1,3-4H2,2H3;. The molecule has 0 bridgehead atoms. The fraction of sp³-hybridized carbons (Fsp3) is 0.571. The van der Waals surface area contributed by atoms with E-state index in [9.17, 15) is 8.78 Å². The van der Waals surface area contributed by atoms with Gasteiger partial charge in [0.1, 0.15) is 0 Å². The van der Waals surface area contributed by atoms with Gasteiger partial charge >= 0.3 is 161 Å². The van der Waals surface area contributed by atoms with Gasteiger partial charge in [-0.1, -0.05) is 0 Å². The van der Waals surface area contributed by atoms with Crippen molar-refractivity contribution in [3.63, 3.8) is 0 Å². The van der Waals surface area contributed by atoms with Gasteiger partial charge in [0, 0.05) is 0 Å². The number of nitrogens with zero attached hydrogens (tertiary/aromatic N) is 2. The summed E-state index contributed by atoms with van der Waals surface area (Å²) in [5.41, 5.74) is 0.255. The molecule has 0 aliphatic carbocycles. The van der Waals surface area contributed by atoms with Crippen molar-refractivity contribution in [2.45, 2.75) is 72.6 Å². The normalized spacial score (nSPS) is 11.9. The molecule has 0 atom stereocenters. The zero-order valence-corrected chi connectivity index (χ0v) is 19.3. The van der Waals surface area contributed by atoms with Gasteiger partial charge in [0.2, 0.25) is 0 Å². The summed E-state index contributed by atoms with van der Waals surface area (Å²) >= 11 is -2.63. The van der Waals surface area contributed by atoms with Crippen molar-refractivity contribution in [2.24, 2.45) is 0 Å². The number of aromatic nitrogens is 2. The Kier molecular flexibility index (Phi) is 8.58. The van der Waals surface area contributed by atoms with Crippen LogP contribution in [0.1, 0.15) is 59.3 Å². The Morgan fingerprint density at radius 3 is 2.04 bits per heavy atom. The summed E-state index contributed by atoms with van der Waals surface area (Å²) in [6.45, 7) is 6.74.